The molecule has 1 aromatic heterocycles. The lowest BCUT2D eigenvalue weighted by atomic mass is 10.1. The van der Waals surface area contributed by atoms with Gasteiger partial charge in [-0.05, 0) is 24.1 Å². The van der Waals surface area contributed by atoms with Gasteiger partial charge in [-0.1, -0.05) is 12.1 Å². The maximum atomic E-state index is 11.6. The maximum absolute atomic E-state index is 11.6. The van der Waals surface area contributed by atoms with Crippen LogP contribution >= 0.6 is 11.3 Å². The van der Waals surface area contributed by atoms with E-state index in [0.717, 1.165) is 5.56 Å². The monoisotopic (exact) mass is 263 g/mol. The lowest BCUT2D eigenvalue weighted by Crippen LogP contribution is -2.25. The average Bonchev–Trinajstić information content (AvgIpc) is 2.76. The van der Waals surface area contributed by atoms with Gasteiger partial charge in [-0.25, -0.2) is 4.98 Å². The molecule has 0 aliphatic carbocycles. The number of nitrogens with one attached hydrogen (secondary N) is 1. The van der Waals surface area contributed by atoms with E-state index in [1.54, 1.807) is 23.6 Å². The molecule has 1 aromatic carbocycles. The van der Waals surface area contributed by atoms with Crippen LogP contribution in [0.3, 0.4) is 0 Å². The minimum atomic E-state index is -0.233. The molecule has 5 nitrogen and oxygen atoms in total. The van der Waals surface area contributed by atoms with Gasteiger partial charge in [0.2, 0.25) is 0 Å². The van der Waals surface area contributed by atoms with E-state index >= 15 is 0 Å². The highest BCUT2D eigenvalue weighted by Gasteiger charge is 2.08. The maximum Gasteiger partial charge on any atom is 0.270 e. The van der Waals surface area contributed by atoms with Crippen molar-refractivity contribution in [2.24, 2.45) is 0 Å². The van der Waals surface area contributed by atoms with Gasteiger partial charge in [0.1, 0.15) is 11.4 Å². The highest BCUT2D eigenvalue weighted by atomic mass is 32.1. The smallest absolute Gasteiger partial charge is 0.270 e. The largest absolute Gasteiger partial charge is 0.508 e. The first-order chi connectivity index (χ1) is 8.65. The molecular formula is C12H13N3O2S. The Balaban J connectivity index is 1.84. The third-order valence-electron chi connectivity index (χ3n) is 2.36. The van der Waals surface area contributed by atoms with E-state index in [0.29, 0.717) is 23.8 Å². The van der Waals surface area contributed by atoms with Crippen molar-refractivity contribution in [3.05, 3.63) is 40.9 Å². The number of amides is 1. The molecule has 0 atom stereocenters. The van der Waals surface area contributed by atoms with Crippen molar-refractivity contribution in [2.75, 3.05) is 12.3 Å². The topological polar surface area (TPSA) is 88.2 Å². The van der Waals surface area contributed by atoms with Crippen LogP contribution in [-0.2, 0) is 6.42 Å². The summed E-state index contributed by atoms with van der Waals surface area (Å²) in [6.07, 6.45) is 0.653. The second-order valence-corrected chi connectivity index (χ2v) is 4.64. The van der Waals surface area contributed by atoms with Gasteiger partial charge in [0.15, 0.2) is 5.13 Å². The summed E-state index contributed by atoms with van der Waals surface area (Å²) in [5.74, 6) is -0.00537. The van der Waals surface area contributed by atoms with E-state index in [-0.39, 0.29) is 11.7 Å². The quantitative estimate of drug-likeness (QED) is 0.778. The van der Waals surface area contributed by atoms with E-state index in [9.17, 15) is 9.90 Å². The molecule has 0 aliphatic heterocycles. The van der Waals surface area contributed by atoms with Crippen molar-refractivity contribution >= 4 is 22.4 Å². The number of aromatic nitrogens is 1. The molecule has 0 spiro atoms. The van der Waals surface area contributed by atoms with Gasteiger partial charge in [0, 0.05) is 11.9 Å². The van der Waals surface area contributed by atoms with E-state index < -0.39 is 0 Å². The minimum Gasteiger partial charge on any atom is -0.508 e. The Morgan fingerprint density at radius 1 is 1.50 bits per heavy atom. The summed E-state index contributed by atoms with van der Waals surface area (Å²) in [4.78, 5) is 15.5. The normalized spacial score (nSPS) is 10.2. The second-order valence-electron chi connectivity index (χ2n) is 3.75. The molecular weight excluding hydrogens is 250 g/mol. The van der Waals surface area contributed by atoms with Crippen LogP contribution in [0.2, 0.25) is 0 Å². The Hall–Kier alpha value is -2.08. The number of phenolic OH excluding ortho intramolecular Hbond substituents is 1. The lowest BCUT2D eigenvalue weighted by molar-refractivity contribution is 0.0950. The van der Waals surface area contributed by atoms with Crippen LogP contribution in [0.15, 0.2) is 29.6 Å². The third kappa shape index (κ3) is 3.21. The van der Waals surface area contributed by atoms with Crippen LogP contribution in [0.1, 0.15) is 16.1 Å². The van der Waals surface area contributed by atoms with Crippen LogP contribution in [0.4, 0.5) is 5.13 Å². The Bertz CT molecular complexity index is 554. The molecule has 4 N–H and O–H groups in total. The van der Waals surface area contributed by atoms with Gasteiger partial charge in [0.05, 0.1) is 0 Å². The fourth-order valence-electron chi connectivity index (χ4n) is 1.51. The average molecular weight is 263 g/mol. The number of carbonyl (C=O) groups excluding carboxylic acids is 1. The third-order valence-corrected chi connectivity index (χ3v) is 3.04. The van der Waals surface area contributed by atoms with Crippen molar-refractivity contribution in [3.63, 3.8) is 0 Å². The summed E-state index contributed by atoms with van der Waals surface area (Å²) in [6.45, 7) is 0.486. The van der Waals surface area contributed by atoms with E-state index in [2.05, 4.69) is 10.3 Å². The highest BCUT2D eigenvalue weighted by Crippen LogP contribution is 2.12. The highest BCUT2D eigenvalue weighted by molar-refractivity contribution is 7.13. The van der Waals surface area contributed by atoms with Crippen LogP contribution in [0.25, 0.3) is 0 Å². The molecule has 2 rings (SSSR count). The molecule has 18 heavy (non-hydrogen) atoms. The molecule has 0 saturated carbocycles. The summed E-state index contributed by atoms with van der Waals surface area (Å²) in [5, 5.41) is 14.0. The van der Waals surface area contributed by atoms with E-state index in [1.807, 2.05) is 6.07 Å². The van der Waals surface area contributed by atoms with Gasteiger partial charge in [-0.2, -0.15) is 0 Å². The second kappa shape index (κ2) is 5.50. The summed E-state index contributed by atoms with van der Waals surface area (Å²) >= 11 is 1.24. The molecule has 0 radical (unpaired) electrons. The Morgan fingerprint density at radius 2 is 2.33 bits per heavy atom. The molecule has 1 heterocycles. The van der Waals surface area contributed by atoms with Crippen molar-refractivity contribution in [1.82, 2.24) is 10.3 Å². The standard InChI is InChI=1S/C12H13N3O2S/c13-12-15-10(7-18-12)11(17)14-5-4-8-2-1-3-9(16)6-8/h1-3,6-7,16H,4-5H2,(H2,13,15)(H,14,17). The molecule has 94 valence electrons. The molecule has 6 heteroatoms. The number of phenols is 1. The molecule has 2 aromatic rings. The first-order valence-corrected chi connectivity index (χ1v) is 6.30. The number of anilines is 1. The Morgan fingerprint density at radius 3 is 3.00 bits per heavy atom. The molecule has 0 saturated heterocycles. The SMILES string of the molecule is Nc1nc(C(=O)NCCc2cccc(O)c2)cs1. The number of aromatic hydroxyl groups is 1. The number of nitrogen functional groups attached to an aromatic ring is 1. The van der Waals surface area contributed by atoms with Gasteiger partial charge < -0.3 is 16.2 Å². The number of hydrogen-bond acceptors (Lipinski definition) is 5. The van der Waals surface area contributed by atoms with Crippen LogP contribution in [0.5, 0.6) is 5.75 Å². The molecule has 1 amide bonds. The number of thiazole rings is 1. The predicted octanol–water partition coefficient (Wildman–Crippen LogP) is 1.40. The molecule has 0 bridgehead atoms. The van der Waals surface area contributed by atoms with Gasteiger partial charge >= 0.3 is 0 Å². The van der Waals surface area contributed by atoms with Crippen LogP contribution in [0, 0.1) is 0 Å². The zero-order valence-corrected chi connectivity index (χ0v) is 10.4. The zero-order chi connectivity index (χ0) is 13.0. The van der Waals surface area contributed by atoms with Gasteiger partial charge in [0.25, 0.3) is 5.91 Å². The summed E-state index contributed by atoms with van der Waals surface area (Å²) < 4.78 is 0. The van der Waals surface area contributed by atoms with Crippen LogP contribution in [-0.4, -0.2) is 22.5 Å². The van der Waals surface area contributed by atoms with Gasteiger partial charge in [-0.15, -0.1) is 11.3 Å². The summed E-state index contributed by atoms with van der Waals surface area (Å²) in [7, 11) is 0. The molecule has 0 unspecified atom stereocenters. The number of benzene rings is 1. The van der Waals surface area contributed by atoms with Crippen molar-refractivity contribution in [2.45, 2.75) is 6.42 Å². The predicted molar refractivity (Wildman–Crippen MR) is 70.7 cm³/mol. The Labute approximate surface area is 108 Å². The summed E-state index contributed by atoms with van der Waals surface area (Å²) in [5.41, 5.74) is 6.76. The number of rotatable bonds is 4. The van der Waals surface area contributed by atoms with Crippen molar-refractivity contribution < 1.29 is 9.90 Å². The van der Waals surface area contributed by atoms with Crippen molar-refractivity contribution in [1.29, 1.82) is 0 Å². The fourth-order valence-corrected chi connectivity index (χ4v) is 2.06. The van der Waals surface area contributed by atoms with E-state index in [4.69, 9.17) is 5.73 Å². The van der Waals surface area contributed by atoms with Gasteiger partial charge in [-0.3, -0.25) is 4.79 Å². The number of hydrogen-bond donors (Lipinski definition) is 3. The minimum absolute atomic E-state index is 0.228. The van der Waals surface area contributed by atoms with Crippen molar-refractivity contribution in [3.8, 4) is 5.75 Å². The van der Waals surface area contributed by atoms with E-state index in [1.165, 1.54) is 11.3 Å². The van der Waals surface area contributed by atoms with Crippen LogP contribution < -0.4 is 11.1 Å². The first-order valence-electron chi connectivity index (χ1n) is 5.42. The fraction of sp³-hybridized carbons (Fsp3) is 0.167. The number of nitrogens with two attached hydrogens (primary N) is 1. The number of carbonyl (C=O) groups is 1. The lowest BCUT2D eigenvalue weighted by Gasteiger charge is -2.04. The molecule has 0 aliphatic rings. The molecule has 0 fully saturated rings. The Kier molecular flexibility index (Phi) is 3.78. The first kappa shape index (κ1) is 12.4. The summed E-state index contributed by atoms with van der Waals surface area (Å²) in [6, 6.07) is 6.95. The number of nitrogens with zero attached hydrogens (tertiary/aromatic N) is 1. The zero-order valence-electron chi connectivity index (χ0n) is 9.59.